The molecule has 3 nitrogen and oxygen atoms in total. The smallest absolute Gasteiger partial charge is 0.252 e. The number of nitriles is 1. The molecular formula is C13H13ClN2O. The first kappa shape index (κ1) is 11.9. The number of rotatable bonds is 3. The number of nitrogens with zero attached hydrogens (tertiary/aromatic N) is 1. The van der Waals surface area contributed by atoms with E-state index in [0.717, 1.165) is 24.8 Å². The molecule has 1 aromatic carbocycles. The van der Waals surface area contributed by atoms with Crippen molar-refractivity contribution in [2.45, 2.75) is 30.7 Å². The number of amides is 1. The number of hydrogen-bond acceptors (Lipinski definition) is 2. The van der Waals surface area contributed by atoms with Gasteiger partial charge in [0, 0.05) is 11.4 Å². The Morgan fingerprint density at radius 3 is 2.82 bits per heavy atom. The number of halogens is 1. The molecule has 1 amide bonds. The predicted octanol–water partition coefficient (Wildman–Crippen LogP) is 2.60. The van der Waals surface area contributed by atoms with Crippen LogP contribution in [-0.4, -0.2) is 11.4 Å². The first-order valence-corrected chi connectivity index (χ1v) is 6.11. The fourth-order valence-electron chi connectivity index (χ4n) is 1.88. The van der Waals surface area contributed by atoms with Gasteiger partial charge in [-0.1, -0.05) is 12.1 Å². The second-order valence-electron chi connectivity index (χ2n) is 4.34. The Bertz CT molecular complexity index is 475. The topological polar surface area (TPSA) is 52.9 Å². The Labute approximate surface area is 105 Å². The molecule has 1 aromatic rings. The lowest BCUT2D eigenvalue weighted by Gasteiger charge is -2.35. The molecule has 0 spiro atoms. The van der Waals surface area contributed by atoms with Crippen molar-refractivity contribution in [3.8, 4) is 6.07 Å². The lowest BCUT2D eigenvalue weighted by atomic mass is 9.78. The second-order valence-corrected chi connectivity index (χ2v) is 4.60. The van der Waals surface area contributed by atoms with Crippen LogP contribution in [-0.2, 0) is 5.88 Å². The van der Waals surface area contributed by atoms with Gasteiger partial charge in [0.2, 0.25) is 0 Å². The fraction of sp³-hybridized carbons (Fsp3) is 0.385. The molecule has 1 fully saturated rings. The summed E-state index contributed by atoms with van der Waals surface area (Å²) in [6.45, 7) is 0. The molecule has 0 atom stereocenters. The Morgan fingerprint density at radius 1 is 1.53 bits per heavy atom. The third-order valence-corrected chi connectivity index (χ3v) is 3.43. The average Bonchev–Trinajstić information content (AvgIpc) is 2.33. The quantitative estimate of drug-likeness (QED) is 0.836. The minimum Gasteiger partial charge on any atom is -0.334 e. The summed E-state index contributed by atoms with van der Waals surface area (Å²) in [5.74, 6) is 0.183. The van der Waals surface area contributed by atoms with E-state index in [-0.39, 0.29) is 5.91 Å². The van der Waals surface area contributed by atoms with Crippen LogP contribution >= 0.6 is 11.6 Å². The van der Waals surface area contributed by atoms with E-state index in [2.05, 4.69) is 11.4 Å². The molecule has 0 heterocycles. The molecule has 17 heavy (non-hydrogen) atoms. The van der Waals surface area contributed by atoms with Crippen molar-refractivity contribution in [3.05, 3.63) is 35.4 Å². The van der Waals surface area contributed by atoms with Gasteiger partial charge in [-0.05, 0) is 37.0 Å². The molecule has 1 saturated carbocycles. The lowest BCUT2D eigenvalue weighted by Crippen LogP contribution is -2.52. The van der Waals surface area contributed by atoms with E-state index in [9.17, 15) is 4.79 Å². The van der Waals surface area contributed by atoms with Gasteiger partial charge in [-0.2, -0.15) is 5.26 Å². The summed E-state index contributed by atoms with van der Waals surface area (Å²) in [6, 6.07) is 9.34. The lowest BCUT2D eigenvalue weighted by molar-refractivity contribution is 0.0881. The van der Waals surface area contributed by atoms with E-state index in [1.165, 1.54) is 0 Å². The molecule has 0 saturated heterocycles. The standard InChI is InChI=1S/C13H13ClN2O/c14-8-10-3-1-4-11(7-10)12(17)16-13(9-15)5-2-6-13/h1,3-4,7H,2,5-6,8H2,(H,16,17). The second kappa shape index (κ2) is 4.77. The Balaban J connectivity index is 2.12. The maximum absolute atomic E-state index is 12.0. The predicted molar refractivity (Wildman–Crippen MR) is 65.7 cm³/mol. The van der Waals surface area contributed by atoms with Crippen molar-refractivity contribution in [2.24, 2.45) is 0 Å². The first-order valence-electron chi connectivity index (χ1n) is 5.58. The van der Waals surface area contributed by atoms with Gasteiger partial charge in [-0.25, -0.2) is 0 Å². The normalized spacial score (nSPS) is 16.7. The summed E-state index contributed by atoms with van der Waals surface area (Å²) < 4.78 is 0. The fourth-order valence-corrected chi connectivity index (χ4v) is 2.05. The zero-order chi connectivity index (χ0) is 12.3. The molecule has 0 bridgehead atoms. The van der Waals surface area contributed by atoms with Gasteiger partial charge < -0.3 is 5.32 Å². The molecule has 1 aliphatic carbocycles. The summed E-state index contributed by atoms with van der Waals surface area (Å²) in [6.07, 6.45) is 2.48. The average molecular weight is 249 g/mol. The number of nitrogens with one attached hydrogen (secondary N) is 1. The Hall–Kier alpha value is -1.53. The zero-order valence-corrected chi connectivity index (χ0v) is 10.1. The Kier molecular flexibility index (Phi) is 3.35. The number of carbonyl (C=O) groups is 1. The molecule has 0 unspecified atom stereocenters. The highest BCUT2D eigenvalue weighted by molar-refractivity contribution is 6.17. The van der Waals surface area contributed by atoms with Gasteiger partial charge in [0.1, 0.15) is 5.54 Å². The summed E-state index contributed by atoms with van der Waals surface area (Å²) in [5.41, 5.74) is 0.817. The summed E-state index contributed by atoms with van der Waals surface area (Å²) >= 11 is 5.72. The monoisotopic (exact) mass is 248 g/mol. The minimum absolute atomic E-state index is 0.196. The molecule has 2 rings (SSSR count). The number of alkyl halides is 1. The van der Waals surface area contributed by atoms with Crippen LogP contribution in [0, 0.1) is 11.3 Å². The van der Waals surface area contributed by atoms with Crippen LogP contribution in [0.15, 0.2) is 24.3 Å². The van der Waals surface area contributed by atoms with Crippen molar-refractivity contribution >= 4 is 17.5 Å². The van der Waals surface area contributed by atoms with Crippen LogP contribution in [0.25, 0.3) is 0 Å². The highest BCUT2D eigenvalue weighted by Gasteiger charge is 2.38. The molecular weight excluding hydrogens is 236 g/mol. The van der Waals surface area contributed by atoms with E-state index in [1.807, 2.05) is 6.07 Å². The summed E-state index contributed by atoms with van der Waals surface area (Å²) in [7, 11) is 0. The third kappa shape index (κ3) is 2.42. The minimum atomic E-state index is -0.645. The van der Waals surface area contributed by atoms with Crippen molar-refractivity contribution in [2.75, 3.05) is 0 Å². The molecule has 1 N–H and O–H groups in total. The first-order chi connectivity index (χ1) is 8.19. The van der Waals surface area contributed by atoms with Crippen LogP contribution in [0.4, 0.5) is 0 Å². The van der Waals surface area contributed by atoms with Gasteiger partial charge in [-0.3, -0.25) is 4.79 Å². The van der Waals surface area contributed by atoms with Gasteiger partial charge in [0.05, 0.1) is 6.07 Å². The highest BCUT2D eigenvalue weighted by atomic mass is 35.5. The van der Waals surface area contributed by atoms with Crippen LogP contribution in [0.3, 0.4) is 0 Å². The van der Waals surface area contributed by atoms with Crippen LogP contribution in [0.1, 0.15) is 35.2 Å². The highest BCUT2D eigenvalue weighted by Crippen LogP contribution is 2.31. The molecule has 1 aliphatic rings. The van der Waals surface area contributed by atoms with E-state index >= 15 is 0 Å². The molecule has 4 heteroatoms. The van der Waals surface area contributed by atoms with Crippen LogP contribution < -0.4 is 5.32 Å². The van der Waals surface area contributed by atoms with Gasteiger partial charge in [0.15, 0.2) is 0 Å². The number of benzene rings is 1. The molecule has 88 valence electrons. The van der Waals surface area contributed by atoms with Crippen molar-refractivity contribution in [1.82, 2.24) is 5.32 Å². The van der Waals surface area contributed by atoms with E-state index in [4.69, 9.17) is 16.9 Å². The largest absolute Gasteiger partial charge is 0.334 e. The van der Waals surface area contributed by atoms with Crippen LogP contribution in [0.5, 0.6) is 0 Å². The SMILES string of the molecule is N#CC1(NC(=O)c2cccc(CCl)c2)CCC1. The molecule has 0 aromatic heterocycles. The third-order valence-electron chi connectivity index (χ3n) is 3.12. The summed E-state index contributed by atoms with van der Waals surface area (Å²) in [5, 5.41) is 11.9. The van der Waals surface area contributed by atoms with E-state index in [1.54, 1.807) is 18.2 Å². The maximum atomic E-state index is 12.0. The van der Waals surface area contributed by atoms with Gasteiger partial charge >= 0.3 is 0 Å². The van der Waals surface area contributed by atoms with Gasteiger partial charge in [-0.15, -0.1) is 11.6 Å². The maximum Gasteiger partial charge on any atom is 0.252 e. The molecule has 0 aliphatic heterocycles. The van der Waals surface area contributed by atoms with Crippen LogP contribution in [0.2, 0.25) is 0 Å². The van der Waals surface area contributed by atoms with E-state index in [0.29, 0.717) is 11.4 Å². The van der Waals surface area contributed by atoms with Crippen molar-refractivity contribution in [1.29, 1.82) is 5.26 Å². The van der Waals surface area contributed by atoms with Crippen molar-refractivity contribution < 1.29 is 4.79 Å². The number of hydrogen-bond donors (Lipinski definition) is 1. The molecule has 0 radical (unpaired) electrons. The van der Waals surface area contributed by atoms with Crippen molar-refractivity contribution in [3.63, 3.8) is 0 Å². The summed E-state index contributed by atoms with van der Waals surface area (Å²) in [4.78, 5) is 12.0. The van der Waals surface area contributed by atoms with Gasteiger partial charge in [0.25, 0.3) is 5.91 Å². The Morgan fingerprint density at radius 2 is 2.29 bits per heavy atom. The van der Waals surface area contributed by atoms with E-state index < -0.39 is 5.54 Å². The zero-order valence-electron chi connectivity index (χ0n) is 9.37. The number of carbonyl (C=O) groups excluding carboxylic acids is 1.